The highest BCUT2D eigenvalue weighted by Crippen LogP contribution is 2.20. The van der Waals surface area contributed by atoms with E-state index in [9.17, 15) is 4.79 Å². The molecule has 0 unspecified atom stereocenters. The lowest BCUT2D eigenvalue weighted by atomic mass is 10.1. The summed E-state index contributed by atoms with van der Waals surface area (Å²) in [4.78, 5) is 10.8. The van der Waals surface area contributed by atoms with Crippen LogP contribution in [0.4, 0.5) is 0 Å². The van der Waals surface area contributed by atoms with Gasteiger partial charge < -0.3 is 9.47 Å². The Morgan fingerprint density at radius 3 is 2.73 bits per heavy atom. The molecule has 0 saturated carbocycles. The van der Waals surface area contributed by atoms with Gasteiger partial charge in [0.15, 0.2) is 6.29 Å². The number of para-hydroxylation sites is 1. The van der Waals surface area contributed by atoms with Gasteiger partial charge in [-0.25, -0.2) is 0 Å². The third-order valence-electron chi connectivity index (χ3n) is 2.51. The molecular formula is C12H14O3. The topological polar surface area (TPSA) is 35.5 Å². The Morgan fingerprint density at radius 2 is 2.00 bits per heavy atom. The van der Waals surface area contributed by atoms with E-state index < -0.39 is 0 Å². The summed E-state index contributed by atoms with van der Waals surface area (Å²) in [5, 5.41) is 0. The van der Waals surface area contributed by atoms with Crippen LogP contribution in [0.25, 0.3) is 0 Å². The standard InChI is InChI=1S/C12H14O3/c13-9-10-3-1-2-4-12(10)15-11-5-7-14-8-6-11/h1-4,9,11H,5-8H2. The summed E-state index contributed by atoms with van der Waals surface area (Å²) in [5.41, 5.74) is 0.615. The summed E-state index contributed by atoms with van der Waals surface area (Å²) in [6.07, 6.45) is 2.80. The third kappa shape index (κ3) is 2.57. The Hall–Kier alpha value is -1.35. The summed E-state index contributed by atoms with van der Waals surface area (Å²) in [6.45, 7) is 1.49. The normalized spacial score (nSPS) is 17.3. The van der Waals surface area contributed by atoms with Crippen molar-refractivity contribution in [3.63, 3.8) is 0 Å². The first-order valence-corrected chi connectivity index (χ1v) is 5.19. The van der Waals surface area contributed by atoms with Crippen LogP contribution in [0, 0.1) is 0 Å². The number of aldehydes is 1. The van der Waals surface area contributed by atoms with Crippen LogP contribution >= 0.6 is 0 Å². The molecule has 1 aliphatic heterocycles. The molecule has 3 heteroatoms. The maximum atomic E-state index is 10.8. The van der Waals surface area contributed by atoms with Crippen LogP contribution in [0.5, 0.6) is 5.75 Å². The molecule has 80 valence electrons. The highest BCUT2D eigenvalue weighted by molar-refractivity contribution is 5.79. The zero-order valence-electron chi connectivity index (χ0n) is 8.52. The van der Waals surface area contributed by atoms with Crippen molar-refractivity contribution in [3.8, 4) is 5.75 Å². The van der Waals surface area contributed by atoms with E-state index in [1.54, 1.807) is 6.07 Å². The highest BCUT2D eigenvalue weighted by atomic mass is 16.5. The van der Waals surface area contributed by atoms with Crippen LogP contribution in [0.2, 0.25) is 0 Å². The number of carbonyl (C=O) groups is 1. The fourth-order valence-electron chi connectivity index (χ4n) is 1.66. The minimum Gasteiger partial charge on any atom is -0.490 e. The van der Waals surface area contributed by atoms with E-state index >= 15 is 0 Å². The van der Waals surface area contributed by atoms with Crippen LogP contribution < -0.4 is 4.74 Å². The molecule has 0 radical (unpaired) electrons. The van der Waals surface area contributed by atoms with Gasteiger partial charge in [-0.2, -0.15) is 0 Å². The Labute approximate surface area is 89.0 Å². The van der Waals surface area contributed by atoms with Gasteiger partial charge in [0.25, 0.3) is 0 Å². The molecule has 0 spiro atoms. The molecule has 0 atom stereocenters. The van der Waals surface area contributed by atoms with E-state index in [0.717, 1.165) is 32.3 Å². The predicted molar refractivity (Wildman–Crippen MR) is 56.3 cm³/mol. The quantitative estimate of drug-likeness (QED) is 0.710. The Morgan fingerprint density at radius 1 is 1.27 bits per heavy atom. The molecule has 0 amide bonds. The van der Waals surface area contributed by atoms with Crippen molar-refractivity contribution < 1.29 is 14.3 Å². The highest BCUT2D eigenvalue weighted by Gasteiger charge is 2.16. The number of rotatable bonds is 3. The zero-order valence-corrected chi connectivity index (χ0v) is 8.52. The second kappa shape index (κ2) is 4.94. The van der Waals surface area contributed by atoms with Gasteiger partial charge >= 0.3 is 0 Å². The van der Waals surface area contributed by atoms with Crippen molar-refractivity contribution in [2.24, 2.45) is 0 Å². The number of ether oxygens (including phenoxy) is 2. The Kier molecular flexibility index (Phi) is 3.35. The van der Waals surface area contributed by atoms with Crippen molar-refractivity contribution in [2.45, 2.75) is 18.9 Å². The molecule has 0 N–H and O–H groups in total. The molecule has 0 bridgehead atoms. The molecule has 0 aliphatic carbocycles. The minimum absolute atomic E-state index is 0.180. The molecule has 1 aromatic carbocycles. The SMILES string of the molecule is O=Cc1ccccc1OC1CCOCC1. The molecule has 1 aromatic rings. The first kappa shape index (κ1) is 10.2. The van der Waals surface area contributed by atoms with Gasteiger partial charge in [0, 0.05) is 12.8 Å². The van der Waals surface area contributed by atoms with Crippen LogP contribution in [0.3, 0.4) is 0 Å². The van der Waals surface area contributed by atoms with Crippen LogP contribution in [0.15, 0.2) is 24.3 Å². The molecule has 1 fully saturated rings. The van der Waals surface area contributed by atoms with Gasteiger partial charge in [-0.15, -0.1) is 0 Å². The smallest absolute Gasteiger partial charge is 0.153 e. The second-order valence-corrected chi connectivity index (χ2v) is 3.59. The van der Waals surface area contributed by atoms with Gasteiger partial charge in [0.1, 0.15) is 11.9 Å². The molecule has 1 saturated heterocycles. The van der Waals surface area contributed by atoms with Crippen molar-refractivity contribution in [2.75, 3.05) is 13.2 Å². The van der Waals surface area contributed by atoms with Gasteiger partial charge in [-0.3, -0.25) is 4.79 Å². The van der Waals surface area contributed by atoms with E-state index in [1.165, 1.54) is 0 Å². The fraction of sp³-hybridized carbons (Fsp3) is 0.417. The van der Waals surface area contributed by atoms with Gasteiger partial charge in [0.05, 0.1) is 18.8 Å². The van der Waals surface area contributed by atoms with Crippen LogP contribution in [-0.2, 0) is 4.74 Å². The van der Waals surface area contributed by atoms with Crippen molar-refractivity contribution in [3.05, 3.63) is 29.8 Å². The first-order valence-electron chi connectivity index (χ1n) is 5.19. The predicted octanol–water partition coefficient (Wildman–Crippen LogP) is 2.06. The zero-order chi connectivity index (χ0) is 10.5. The molecule has 1 heterocycles. The summed E-state index contributed by atoms with van der Waals surface area (Å²) < 4.78 is 11.0. The summed E-state index contributed by atoms with van der Waals surface area (Å²) >= 11 is 0. The summed E-state index contributed by atoms with van der Waals surface area (Å²) in [6, 6.07) is 7.31. The van der Waals surface area contributed by atoms with Crippen LogP contribution in [0.1, 0.15) is 23.2 Å². The Balaban J connectivity index is 2.05. The average molecular weight is 206 g/mol. The molecule has 1 aliphatic rings. The first-order chi connectivity index (χ1) is 7.40. The minimum atomic E-state index is 0.180. The van der Waals surface area contributed by atoms with E-state index in [2.05, 4.69) is 0 Å². The fourth-order valence-corrected chi connectivity index (χ4v) is 1.66. The van der Waals surface area contributed by atoms with E-state index in [-0.39, 0.29) is 6.10 Å². The lowest BCUT2D eigenvalue weighted by Gasteiger charge is -2.23. The van der Waals surface area contributed by atoms with Crippen molar-refractivity contribution in [1.29, 1.82) is 0 Å². The van der Waals surface area contributed by atoms with E-state index in [4.69, 9.17) is 9.47 Å². The second-order valence-electron chi connectivity index (χ2n) is 3.59. The summed E-state index contributed by atoms with van der Waals surface area (Å²) in [5.74, 6) is 0.680. The van der Waals surface area contributed by atoms with Crippen molar-refractivity contribution >= 4 is 6.29 Å². The van der Waals surface area contributed by atoms with E-state index in [1.807, 2.05) is 18.2 Å². The lowest BCUT2D eigenvalue weighted by molar-refractivity contribution is 0.0253. The average Bonchev–Trinajstić information content (AvgIpc) is 2.31. The van der Waals surface area contributed by atoms with Gasteiger partial charge in [-0.05, 0) is 12.1 Å². The maximum absolute atomic E-state index is 10.8. The van der Waals surface area contributed by atoms with Crippen LogP contribution in [-0.4, -0.2) is 25.6 Å². The number of hydrogen-bond donors (Lipinski definition) is 0. The molecule has 3 nitrogen and oxygen atoms in total. The van der Waals surface area contributed by atoms with E-state index in [0.29, 0.717) is 11.3 Å². The Bertz CT molecular complexity index is 329. The largest absolute Gasteiger partial charge is 0.490 e. The van der Waals surface area contributed by atoms with Gasteiger partial charge in [0.2, 0.25) is 0 Å². The van der Waals surface area contributed by atoms with Gasteiger partial charge in [-0.1, -0.05) is 12.1 Å². The van der Waals surface area contributed by atoms with Crippen molar-refractivity contribution in [1.82, 2.24) is 0 Å². The molecule has 15 heavy (non-hydrogen) atoms. The summed E-state index contributed by atoms with van der Waals surface area (Å²) in [7, 11) is 0. The lowest BCUT2D eigenvalue weighted by Crippen LogP contribution is -2.26. The number of carbonyl (C=O) groups excluding carboxylic acids is 1. The number of benzene rings is 1. The maximum Gasteiger partial charge on any atom is 0.153 e. The molecule has 2 rings (SSSR count). The molecule has 0 aromatic heterocycles. The third-order valence-corrected chi connectivity index (χ3v) is 2.51. The monoisotopic (exact) mass is 206 g/mol. The number of hydrogen-bond acceptors (Lipinski definition) is 3. The molecular weight excluding hydrogens is 192 g/mol.